The highest BCUT2D eigenvalue weighted by atomic mass is 32.2. The third-order valence-corrected chi connectivity index (χ3v) is 6.02. The van der Waals surface area contributed by atoms with Gasteiger partial charge >= 0.3 is 0 Å². The zero-order valence-electron chi connectivity index (χ0n) is 15.5. The van der Waals surface area contributed by atoms with Crippen LogP contribution in [0.5, 0.6) is 0 Å². The van der Waals surface area contributed by atoms with Crippen LogP contribution in [0.3, 0.4) is 0 Å². The number of nitrogens with zero attached hydrogens (tertiary/aromatic N) is 1. The summed E-state index contributed by atoms with van der Waals surface area (Å²) in [5.74, 6) is -0.0311. The van der Waals surface area contributed by atoms with E-state index >= 15 is 0 Å². The molecule has 26 heavy (non-hydrogen) atoms. The standard InChI is InChI=1S/C20H24N2O3S/c1-14(23)22-12-11-15-13-18(9-10-19(15)22)26(24,25)21-17-7-5-16(6-8-17)20(2,3)4/h5-10,13,21H,11-12H2,1-4H3. The fourth-order valence-electron chi connectivity index (χ4n) is 3.12. The summed E-state index contributed by atoms with van der Waals surface area (Å²) in [5, 5.41) is 0. The number of hydrogen-bond donors (Lipinski definition) is 1. The summed E-state index contributed by atoms with van der Waals surface area (Å²) in [6.45, 7) is 8.45. The zero-order valence-corrected chi connectivity index (χ0v) is 16.4. The first-order valence-corrected chi connectivity index (χ1v) is 10.1. The van der Waals surface area contributed by atoms with E-state index in [4.69, 9.17) is 0 Å². The Bertz CT molecular complexity index is 942. The van der Waals surface area contributed by atoms with Crippen molar-refractivity contribution < 1.29 is 13.2 Å². The van der Waals surface area contributed by atoms with Gasteiger partial charge in [-0.05, 0) is 53.3 Å². The van der Waals surface area contributed by atoms with E-state index in [0.29, 0.717) is 18.7 Å². The molecule has 0 unspecified atom stereocenters. The maximum atomic E-state index is 12.7. The van der Waals surface area contributed by atoms with Gasteiger partial charge in [0.15, 0.2) is 0 Å². The quantitative estimate of drug-likeness (QED) is 0.893. The van der Waals surface area contributed by atoms with E-state index in [2.05, 4.69) is 25.5 Å². The first-order valence-electron chi connectivity index (χ1n) is 8.62. The van der Waals surface area contributed by atoms with Crippen LogP contribution >= 0.6 is 0 Å². The summed E-state index contributed by atoms with van der Waals surface area (Å²) in [6, 6.07) is 12.3. The highest BCUT2D eigenvalue weighted by Gasteiger charge is 2.25. The van der Waals surface area contributed by atoms with Crippen LogP contribution in [0, 0.1) is 0 Å². The Morgan fingerprint density at radius 2 is 1.73 bits per heavy atom. The average Bonchev–Trinajstić information content (AvgIpc) is 2.97. The molecule has 0 radical (unpaired) electrons. The van der Waals surface area contributed by atoms with E-state index in [0.717, 1.165) is 16.8 Å². The molecule has 0 aliphatic carbocycles. The molecule has 1 aliphatic rings. The second-order valence-corrected chi connectivity index (χ2v) is 9.33. The predicted octanol–water partition coefficient (Wildman–Crippen LogP) is 3.69. The molecule has 0 atom stereocenters. The van der Waals surface area contributed by atoms with E-state index in [1.54, 1.807) is 35.2 Å². The van der Waals surface area contributed by atoms with Gasteiger partial charge in [-0.15, -0.1) is 0 Å². The minimum absolute atomic E-state index is 0.0139. The maximum Gasteiger partial charge on any atom is 0.261 e. The number of carbonyl (C=O) groups excluding carboxylic acids is 1. The molecule has 0 bridgehead atoms. The summed E-state index contributed by atoms with van der Waals surface area (Å²) in [5.41, 5.74) is 3.36. The molecule has 5 nitrogen and oxygen atoms in total. The second-order valence-electron chi connectivity index (χ2n) is 7.64. The monoisotopic (exact) mass is 372 g/mol. The van der Waals surface area contributed by atoms with Gasteiger partial charge in [0.1, 0.15) is 0 Å². The SMILES string of the molecule is CC(=O)N1CCc2cc(S(=O)(=O)Nc3ccc(C(C)(C)C)cc3)ccc21. The highest BCUT2D eigenvalue weighted by molar-refractivity contribution is 7.92. The Kier molecular flexibility index (Phi) is 4.56. The number of nitrogens with one attached hydrogen (secondary N) is 1. The summed E-state index contributed by atoms with van der Waals surface area (Å²) < 4.78 is 28.0. The van der Waals surface area contributed by atoms with Crippen LogP contribution in [0.2, 0.25) is 0 Å². The Morgan fingerprint density at radius 3 is 2.31 bits per heavy atom. The number of rotatable bonds is 3. The van der Waals surface area contributed by atoms with Crippen molar-refractivity contribution in [2.75, 3.05) is 16.2 Å². The number of benzene rings is 2. The molecule has 0 spiro atoms. The third-order valence-electron chi connectivity index (χ3n) is 4.64. The van der Waals surface area contributed by atoms with E-state index in [1.165, 1.54) is 6.92 Å². The fraction of sp³-hybridized carbons (Fsp3) is 0.350. The summed E-state index contributed by atoms with van der Waals surface area (Å²) >= 11 is 0. The average molecular weight is 372 g/mol. The maximum absolute atomic E-state index is 12.7. The lowest BCUT2D eigenvalue weighted by atomic mass is 9.87. The molecule has 6 heteroatoms. The lowest BCUT2D eigenvalue weighted by molar-refractivity contribution is -0.116. The lowest BCUT2D eigenvalue weighted by Gasteiger charge is -2.19. The third kappa shape index (κ3) is 3.60. The minimum Gasteiger partial charge on any atom is -0.312 e. The van der Waals surface area contributed by atoms with Gasteiger partial charge in [0.05, 0.1) is 4.90 Å². The first kappa shape index (κ1) is 18.5. The zero-order chi connectivity index (χ0) is 19.1. The Balaban J connectivity index is 1.84. The smallest absolute Gasteiger partial charge is 0.261 e. The largest absolute Gasteiger partial charge is 0.312 e. The molecular weight excluding hydrogens is 348 g/mol. The van der Waals surface area contributed by atoms with E-state index in [1.807, 2.05) is 12.1 Å². The van der Waals surface area contributed by atoms with Gasteiger partial charge in [-0.3, -0.25) is 9.52 Å². The van der Waals surface area contributed by atoms with Crippen molar-refractivity contribution >= 4 is 27.3 Å². The van der Waals surface area contributed by atoms with Crippen LogP contribution in [0.4, 0.5) is 11.4 Å². The predicted molar refractivity (Wildman–Crippen MR) is 104 cm³/mol. The molecular formula is C20H24N2O3S. The van der Waals surface area contributed by atoms with Gasteiger partial charge in [0.25, 0.3) is 10.0 Å². The summed E-state index contributed by atoms with van der Waals surface area (Å²) in [4.78, 5) is 13.5. The Hall–Kier alpha value is -2.34. The molecule has 138 valence electrons. The lowest BCUT2D eigenvalue weighted by Crippen LogP contribution is -2.25. The van der Waals surface area contributed by atoms with E-state index in [-0.39, 0.29) is 16.2 Å². The van der Waals surface area contributed by atoms with Crippen molar-refractivity contribution in [3.63, 3.8) is 0 Å². The van der Waals surface area contributed by atoms with Crippen LogP contribution < -0.4 is 9.62 Å². The molecule has 1 heterocycles. The van der Waals surface area contributed by atoms with Crippen LogP contribution in [0.1, 0.15) is 38.8 Å². The van der Waals surface area contributed by atoms with Gasteiger partial charge in [-0.25, -0.2) is 8.42 Å². The number of anilines is 2. The number of amides is 1. The Morgan fingerprint density at radius 1 is 1.08 bits per heavy atom. The molecule has 2 aromatic rings. The van der Waals surface area contributed by atoms with Crippen LogP contribution in [0.15, 0.2) is 47.4 Å². The molecule has 0 aromatic heterocycles. The van der Waals surface area contributed by atoms with Crippen LogP contribution in [-0.4, -0.2) is 20.9 Å². The molecule has 0 saturated carbocycles. The van der Waals surface area contributed by atoms with E-state index in [9.17, 15) is 13.2 Å². The minimum atomic E-state index is -3.67. The number of carbonyl (C=O) groups is 1. The van der Waals surface area contributed by atoms with E-state index < -0.39 is 10.0 Å². The van der Waals surface area contributed by atoms with Crippen molar-refractivity contribution in [3.05, 3.63) is 53.6 Å². The Labute approximate surface area is 155 Å². The van der Waals surface area contributed by atoms with Crippen molar-refractivity contribution in [1.82, 2.24) is 0 Å². The normalized spacial score (nSPS) is 14.2. The first-order chi connectivity index (χ1) is 12.1. The highest BCUT2D eigenvalue weighted by Crippen LogP contribution is 2.31. The molecule has 1 N–H and O–H groups in total. The second kappa shape index (κ2) is 6.43. The molecule has 1 amide bonds. The van der Waals surface area contributed by atoms with Gasteiger partial charge in [-0.1, -0.05) is 32.9 Å². The molecule has 0 fully saturated rings. The molecule has 2 aromatic carbocycles. The van der Waals surface area contributed by atoms with Crippen molar-refractivity contribution in [3.8, 4) is 0 Å². The van der Waals surface area contributed by atoms with Crippen LogP contribution in [0.25, 0.3) is 0 Å². The van der Waals surface area contributed by atoms with Crippen molar-refractivity contribution in [2.24, 2.45) is 0 Å². The fourth-order valence-corrected chi connectivity index (χ4v) is 4.23. The van der Waals surface area contributed by atoms with Gasteiger partial charge in [0.2, 0.25) is 5.91 Å². The van der Waals surface area contributed by atoms with Gasteiger partial charge < -0.3 is 4.90 Å². The molecule has 1 aliphatic heterocycles. The number of hydrogen-bond acceptors (Lipinski definition) is 3. The van der Waals surface area contributed by atoms with Gasteiger partial charge in [-0.2, -0.15) is 0 Å². The summed E-state index contributed by atoms with van der Waals surface area (Å²) in [7, 11) is -3.67. The van der Waals surface area contributed by atoms with Gasteiger partial charge in [0, 0.05) is 24.8 Å². The molecule has 3 rings (SSSR count). The van der Waals surface area contributed by atoms with Crippen LogP contribution in [-0.2, 0) is 26.7 Å². The van der Waals surface area contributed by atoms with Crippen molar-refractivity contribution in [2.45, 2.75) is 44.4 Å². The summed E-state index contributed by atoms with van der Waals surface area (Å²) in [6.07, 6.45) is 0.665. The molecule has 0 saturated heterocycles. The van der Waals surface area contributed by atoms with Crippen molar-refractivity contribution in [1.29, 1.82) is 0 Å². The number of fused-ring (bicyclic) bond motifs is 1. The number of sulfonamides is 1. The topological polar surface area (TPSA) is 66.5 Å².